The second-order valence-electron chi connectivity index (χ2n) is 4.29. The van der Waals surface area contributed by atoms with Gasteiger partial charge in [-0.25, -0.2) is 14.7 Å². The second kappa shape index (κ2) is 6.14. The third-order valence-electron chi connectivity index (χ3n) is 2.55. The highest BCUT2D eigenvalue weighted by Gasteiger charge is 2.21. The van der Waals surface area contributed by atoms with Gasteiger partial charge in [0.05, 0.1) is 0 Å². The average Bonchev–Trinajstić information content (AvgIpc) is 2.95. The third kappa shape index (κ3) is 3.60. The fourth-order valence-corrected chi connectivity index (χ4v) is 3.80. The van der Waals surface area contributed by atoms with Gasteiger partial charge in [0.1, 0.15) is 16.7 Å². The van der Waals surface area contributed by atoms with E-state index in [-0.39, 0.29) is 21.3 Å². The van der Waals surface area contributed by atoms with E-state index >= 15 is 0 Å². The summed E-state index contributed by atoms with van der Waals surface area (Å²) in [7, 11) is -3.91. The molecule has 0 atom stereocenters. The van der Waals surface area contributed by atoms with Crippen LogP contribution in [0.2, 0.25) is 5.15 Å². The number of aromatic nitrogens is 5. The molecule has 23 heavy (non-hydrogen) atoms. The van der Waals surface area contributed by atoms with Crippen LogP contribution in [0, 0.1) is 6.92 Å². The molecular weight excluding hydrogens is 360 g/mol. The van der Waals surface area contributed by atoms with Gasteiger partial charge in [-0.15, -0.1) is 11.3 Å². The molecule has 0 unspecified atom stereocenters. The zero-order valence-corrected chi connectivity index (χ0v) is 14.0. The van der Waals surface area contributed by atoms with Crippen molar-refractivity contribution in [1.82, 2.24) is 24.9 Å². The van der Waals surface area contributed by atoms with Crippen LogP contribution >= 0.6 is 22.9 Å². The lowest BCUT2D eigenvalue weighted by atomic mass is 10.3. The molecule has 1 N–H and O–H groups in total. The van der Waals surface area contributed by atoms with E-state index in [1.807, 2.05) is 0 Å². The van der Waals surface area contributed by atoms with Gasteiger partial charge in [0.2, 0.25) is 10.3 Å². The number of nitrogens with zero attached hydrogens (tertiary/aromatic N) is 5. The standard InChI is InChI=1S/C12H9ClN6O2S2/c1-7-15-10(8-4-2-3-5-14-8)18-11(16-7)19-23(20,21)12-17-9(13)6-22-12/h2-6H,1H3,(H,15,16,18,19). The van der Waals surface area contributed by atoms with Crippen LogP contribution in [-0.4, -0.2) is 33.3 Å². The number of halogens is 1. The lowest BCUT2D eigenvalue weighted by Crippen LogP contribution is -2.16. The Balaban J connectivity index is 1.96. The van der Waals surface area contributed by atoms with E-state index < -0.39 is 10.0 Å². The van der Waals surface area contributed by atoms with E-state index in [2.05, 4.69) is 29.6 Å². The summed E-state index contributed by atoms with van der Waals surface area (Å²) in [5.74, 6) is 0.521. The minimum atomic E-state index is -3.91. The second-order valence-corrected chi connectivity index (χ2v) is 7.39. The van der Waals surface area contributed by atoms with Gasteiger partial charge in [-0.2, -0.15) is 18.4 Å². The van der Waals surface area contributed by atoms with Crippen molar-refractivity contribution in [3.8, 4) is 11.5 Å². The predicted molar refractivity (Wildman–Crippen MR) is 85.7 cm³/mol. The van der Waals surface area contributed by atoms with Gasteiger partial charge in [0.25, 0.3) is 10.0 Å². The monoisotopic (exact) mass is 368 g/mol. The summed E-state index contributed by atoms with van der Waals surface area (Å²) >= 11 is 6.56. The SMILES string of the molecule is Cc1nc(NS(=O)(=O)c2nc(Cl)cs2)nc(-c2ccccn2)n1. The minimum absolute atomic E-state index is 0.107. The van der Waals surface area contributed by atoms with E-state index in [1.165, 1.54) is 5.38 Å². The maximum Gasteiger partial charge on any atom is 0.291 e. The molecule has 11 heteroatoms. The van der Waals surface area contributed by atoms with Crippen LogP contribution in [0.5, 0.6) is 0 Å². The van der Waals surface area contributed by atoms with Gasteiger partial charge in [-0.1, -0.05) is 17.7 Å². The van der Waals surface area contributed by atoms with E-state index in [0.29, 0.717) is 11.5 Å². The van der Waals surface area contributed by atoms with Crippen molar-refractivity contribution in [2.45, 2.75) is 11.3 Å². The maximum atomic E-state index is 12.2. The van der Waals surface area contributed by atoms with Crippen LogP contribution in [0.4, 0.5) is 5.95 Å². The number of pyridine rings is 1. The van der Waals surface area contributed by atoms with E-state index in [1.54, 1.807) is 31.3 Å². The van der Waals surface area contributed by atoms with Crippen LogP contribution in [0.3, 0.4) is 0 Å². The maximum absolute atomic E-state index is 12.2. The minimum Gasteiger partial charge on any atom is -0.253 e. The summed E-state index contributed by atoms with van der Waals surface area (Å²) in [6, 6.07) is 5.25. The normalized spacial score (nSPS) is 11.4. The lowest BCUT2D eigenvalue weighted by Gasteiger charge is -2.06. The van der Waals surface area contributed by atoms with Crippen LogP contribution in [0.25, 0.3) is 11.5 Å². The number of hydrogen-bond acceptors (Lipinski definition) is 8. The molecule has 3 aromatic heterocycles. The quantitative estimate of drug-likeness (QED) is 0.751. The van der Waals surface area contributed by atoms with Crippen molar-refractivity contribution < 1.29 is 8.42 Å². The van der Waals surface area contributed by atoms with E-state index in [4.69, 9.17) is 11.6 Å². The molecule has 0 bridgehead atoms. The molecule has 0 saturated heterocycles. The van der Waals surface area contributed by atoms with Crippen molar-refractivity contribution in [3.63, 3.8) is 0 Å². The van der Waals surface area contributed by atoms with Crippen molar-refractivity contribution in [2.24, 2.45) is 0 Å². The Morgan fingerprint density at radius 2 is 2.00 bits per heavy atom. The Bertz CT molecular complexity index is 945. The first-order chi connectivity index (χ1) is 10.9. The predicted octanol–water partition coefficient (Wildman–Crippen LogP) is 2.15. The molecule has 118 valence electrons. The summed E-state index contributed by atoms with van der Waals surface area (Å²) in [6.45, 7) is 1.63. The number of aryl methyl sites for hydroxylation is 1. The molecule has 3 rings (SSSR count). The zero-order valence-electron chi connectivity index (χ0n) is 11.6. The van der Waals surface area contributed by atoms with Gasteiger partial charge < -0.3 is 0 Å². The largest absolute Gasteiger partial charge is 0.291 e. The Kier molecular flexibility index (Phi) is 4.20. The van der Waals surface area contributed by atoms with Gasteiger partial charge >= 0.3 is 0 Å². The summed E-state index contributed by atoms with van der Waals surface area (Å²) in [6.07, 6.45) is 1.59. The molecule has 3 aromatic rings. The smallest absolute Gasteiger partial charge is 0.253 e. The highest BCUT2D eigenvalue weighted by molar-refractivity contribution is 7.94. The summed E-state index contributed by atoms with van der Waals surface area (Å²) < 4.78 is 26.6. The summed E-state index contributed by atoms with van der Waals surface area (Å²) in [4.78, 5) is 20.1. The number of rotatable bonds is 4. The third-order valence-corrected chi connectivity index (χ3v) is 5.46. The Labute approximate surface area is 140 Å². The summed E-state index contributed by atoms with van der Waals surface area (Å²) in [5, 5.41) is 1.53. The molecule has 0 aliphatic heterocycles. The fraction of sp³-hybridized carbons (Fsp3) is 0.0833. The van der Waals surface area contributed by atoms with Crippen LogP contribution in [0.1, 0.15) is 5.82 Å². The molecule has 0 spiro atoms. The van der Waals surface area contributed by atoms with Gasteiger partial charge in [-0.3, -0.25) is 4.98 Å². The average molecular weight is 369 g/mol. The fourth-order valence-electron chi connectivity index (χ4n) is 1.66. The molecule has 0 aromatic carbocycles. The molecule has 0 saturated carbocycles. The molecule has 0 radical (unpaired) electrons. The Morgan fingerprint density at radius 3 is 2.65 bits per heavy atom. The molecule has 0 fully saturated rings. The Hall–Kier alpha value is -2.17. The topological polar surface area (TPSA) is 111 Å². The van der Waals surface area contributed by atoms with Gasteiger partial charge in [0.15, 0.2) is 5.82 Å². The van der Waals surface area contributed by atoms with Crippen LogP contribution in [0.15, 0.2) is 34.1 Å². The van der Waals surface area contributed by atoms with E-state index in [9.17, 15) is 8.42 Å². The van der Waals surface area contributed by atoms with Crippen LogP contribution in [-0.2, 0) is 10.0 Å². The van der Waals surface area contributed by atoms with Crippen molar-refractivity contribution in [3.05, 3.63) is 40.8 Å². The molecule has 0 aliphatic carbocycles. The van der Waals surface area contributed by atoms with Gasteiger partial charge in [-0.05, 0) is 19.1 Å². The molecule has 8 nitrogen and oxygen atoms in total. The first-order valence-corrected chi connectivity index (χ1v) is 8.96. The van der Waals surface area contributed by atoms with Gasteiger partial charge in [0, 0.05) is 11.6 Å². The highest BCUT2D eigenvalue weighted by Crippen LogP contribution is 2.21. The first-order valence-electron chi connectivity index (χ1n) is 6.22. The number of anilines is 1. The van der Waals surface area contributed by atoms with Crippen molar-refractivity contribution in [2.75, 3.05) is 4.72 Å². The molecular formula is C12H9ClN6O2S2. The molecule has 3 heterocycles. The van der Waals surface area contributed by atoms with Crippen LogP contribution < -0.4 is 4.72 Å². The number of sulfonamides is 1. The molecule has 0 amide bonds. The molecule has 0 aliphatic rings. The van der Waals surface area contributed by atoms with E-state index in [0.717, 1.165) is 11.3 Å². The Morgan fingerprint density at radius 1 is 1.17 bits per heavy atom. The zero-order chi connectivity index (χ0) is 16.4. The number of nitrogens with one attached hydrogen (secondary N) is 1. The lowest BCUT2D eigenvalue weighted by molar-refractivity contribution is 0.600. The number of hydrogen-bond donors (Lipinski definition) is 1. The highest BCUT2D eigenvalue weighted by atomic mass is 35.5. The van der Waals surface area contributed by atoms with Crippen molar-refractivity contribution in [1.29, 1.82) is 0 Å². The van der Waals surface area contributed by atoms with Crippen molar-refractivity contribution >= 4 is 38.9 Å². The number of thiazole rings is 1. The first kappa shape index (κ1) is 15.7. The summed E-state index contributed by atoms with van der Waals surface area (Å²) in [5.41, 5.74) is 0.510.